The molecule has 1 rings (SSSR count). The molecule has 0 aromatic heterocycles. The van der Waals surface area contributed by atoms with Crippen LogP contribution in [0, 0.1) is 17.3 Å². The summed E-state index contributed by atoms with van der Waals surface area (Å²) in [6.45, 7) is 9.47. The summed E-state index contributed by atoms with van der Waals surface area (Å²) in [6, 6.07) is 0. The largest absolute Gasteiger partial charge is 0.0882 e. The fraction of sp³-hybridized carbons (Fsp3) is 0.909. The number of allylic oxidation sites excluding steroid dienone is 2. The Morgan fingerprint density at radius 3 is 2.41 bits per heavy atom. The molecule has 0 aromatic rings. The van der Waals surface area contributed by atoms with Crippen LogP contribution in [0.3, 0.4) is 0 Å². The highest BCUT2D eigenvalue weighted by molar-refractivity contribution is 4.95. The van der Waals surface area contributed by atoms with E-state index in [2.05, 4.69) is 39.8 Å². The van der Waals surface area contributed by atoms with Crippen LogP contribution in [0.25, 0.3) is 0 Å². The van der Waals surface area contributed by atoms with Gasteiger partial charge in [-0.3, -0.25) is 0 Å². The maximum Gasteiger partial charge on any atom is -0.0205 e. The zero-order valence-corrected chi connectivity index (χ0v) is 16.0. The van der Waals surface area contributed by atoms with Crippen molar-refractivity contribution in [2.24, 2.45) is 17.3 Å². The molecule has 0 saturated heterocycles. The molecule has 1 aliphatic carbocycles. The van der Waals surface area contributed by atoms with E-state index in [-0.39, 0.29) is 0 Å². The molecule has 0 heteroatoms. The summed E-state index contributed by atoms with van der Waals surface area (Å²) in [7, 11) is 0. The Labute approximate surface area is 141 Å². The van der Waals surface area contributed by atoms with E-state index in [0.717, 1.165) is 11.8 Å². The number of unbranched alkanes of at least 4 members (excludes halogenated alkanes) is 4. The van der Waals surface area contributed by atoms with Crippen LogP contribution >= 0.6 is 0 Å². The van der Waals surface area contributed by atoms with Gasteiger partial charge in [-0.05, 0) is 55.8 Å². The number of hydrogen-bond donors (Lipinski definition) is 0. The maximum absolute atomic E-state index is 2.59. The van der Waals surface area contributed by atoms with Crippen molar-refractivity contribution in [3.8, 4) is 0 Å². The number of hydrogen-bond acceptors (Lipinski definition) is 0. The highest BCUT2D eigenvalue weighted by Crippen LogP contribution is 2.36. The van der Waals surface area contributed by atoms with Crippen LogP contribution in [0.15, 0.2) is 12.2 Å². The molecule has 0 radical (unpaired) electrons. The topological polar surface area (TPSA) is 0 Å². The van der Waals surface area contributed by atoms with Crippen molar-refractivity contribution in [3.63, 3.8) is 0 Å². The summed E-state index contributed by atoms with van der Waals surface area (Å²) in [6.07, 6.45) is 23.5. The van der Waals surface area contributed by atoms with E-state index >= 15 is 0 Å². The van der Waals surface area contributed by atoms with Crippen molar-refractivity contribution >= 4 is 0 Å². The van der Waals surface area contributed by atoms with E-state index in [1.807, 2.05) is 0 Å². The zero-order valence-electron chi connectivity index (χ0n) is 16.0. The molecule has 0 unspecified atom stereocenters. The van der Waals surface area contributed by atoms with Crippen LogP contribution in [0.1, 0.15) is 111 Å². The van der Waals surface area contributed by atoms with Gasteiger partial charge in [0.25, 0.3) is 0 Å². The SMILES string of the molecule is CCCCCCC[C@H]1CCC[C@@H]1C=CCCC(C)(C)CCC. The van der Waals surface area contributed by atoms with Crippen LogP contribution in [-0.4, -0.2) is 0 Å². The van der Waals surface area contributed by atoms with E-state index in [9.17, 15) is 0 Å². The molecule has 0 spiro atoms. The first-order chi connectivity index (χ1) is 10.6. The molecule has 0 heterocycles. The molecule has 0 N–H and O–H groups in total. The van der Waals surface area contributed by atoms with Gasteiger partial charge < -0.3 is 0 Å². The van der Waals surface area contributed by atoms with Gasteiger partial charge in [-0.1, -0.05) is 84.8 Å². The Morgan fingerprint density at radius 1 is 0.909 bits per heavy atom. The minimum Gasteiger partial charge on any atom is -0.0882 e. The lowest BCUT2D eigenvalue weighted by Crippen LogP contribution is -2.10. The smallest absolute Gasteiger partial charge is 0.0205 e. The molecule has 130 valence electrons. The van der Waals surface area contributed by atoms with Gasteiger partial charge in [-0.25, -0.2) is 0 Å². The summed E-state index contributed by atoms with van der Waals surface area (Å²) < 4.78 is 0. The molecule has 2 atom stereocenters. The van der Waals surface area contributed by atoms with Crippen LogP contribution in [0.5, 0.6) is 0 Å². The molecular formula is C22H42. The third kappa shape index (κ3) is 8.39. The highest BCUT2D eigenvalue weighted by Gasteiger charge is 2.24. The second kappa shape index (κ2) is 11.3. The van der Waals surface area contributed by atoms with Crippen molar-refractivity contribution in [2.45, 2.75) is 111 Å². The van der Waals surface area contributed by atoms with E-state index in [0.29, 0.717) is 5.41 Å². The van der Waals surface area contributed by atoms with Crippen LogP contribution in [-0.2, 0) is 0 Å². The van der Waals surface area contributed by atoms with Crippen LogP contribution in [0.2, 0.25) is 0 Å². The Kier molecular flexibility index (Phi) is 10.2. The standard InChI is InChI=1S/C22H42/c1-5-7-8-9-10-14-20-16-13-17-21(20)15-11-12-19-22(3,4)18-6-2/h11,15,20-21H,5-10,12-14,16-19H2,1-4H3/t20-,21-/m0/s1. The molecule has 1 saturated carbocycles. The second-order valence-electron chi connectivity index (χ2n) is 8.44. The van der Waals surface area contributed by atoms with E-state index in [1.54, 1.807) is 0 Å². The minimum atomic E-state index is 0.535. The number of rotatable bonds is 12. The lowest BCUT2D eigenvalue weighted by atomic mass is 9.83. The molecule has 0 aromatic carbocycles. The van der Waals surface area contributed by atoms with Crippen molar-refractivity contribution in [1.82, 2.24) is 0 Å². The molecule has 1 aliphatic rings. The minimum absolute atomic E-state index is 0.535. The molecule has 0 aliphatic heterocycles. The molecule has 22 heavy (non-hydrogen) atoms. The predicted molar refractivity (Wildman–Crippen MR) is 101 cm³/mol. The molecule has 0 amide bonds. The Hall–Kier alpha value is -0.260. The van der Waals surface area contributed by atoms with E-state index in [4.69, 9.17) is 0 Å². The molecule has 1 fully saturated rings. The second-order valence-corrected chi connectivity index (χ2v) is 8.44. The van der Waals surface area contributed by atoms with Gasteiger partial charge in [-0.15, -0.1) is 0 Å². The molecule has 0 bridgehead atoms. The molecular weight excluding hydrogens is 264 g/mol. The molecule has 0 nitrogen and oxygen atoms in total. The van der Waals surface area contributed by atoms with Crippen molar-refractivity contribution in [2.75, 3.05) is 0 Å². The van der Waals surface area contributed by atoms with E-state index in [1.165, 1.54) is 83.5 Å². The lowest BCUT2D eigenvalue weighted by Gasteiger charge is -2.23. The van der Waals surface area contributed by atoms with Gasteiger partial charge in [0.05, 0.1) is 0 Å². The predicted octanol–water partition coefficient (Wildman–Crippen LogP) is 7.93. The fourth-order valence-corrected chi connectivity index (χ4v) is 4.23. The van der Waals surface area contributed by atoms with Gasteiger partial charge in [0.1, 0.15) is 0 Å². The van der Waals surface area contributed by atoms with Crippen LogP contribution in [0.4, 0.5) is 0 Å². The maximum atomic E-state index is 2.59. The van der Waals surface area contributed by atoms with Gasteiger partial charge in [0.2, 0.25) is 0 Å². The third-order valence-corrected chi connectivity index (χ3v) is 5.69. The van der Waals surface area contributed by atoms with Crippen molar-refractivity contribution in [3.05, 3.63) is 12.2 Å². The lowest BCUT2D eigenvalue weighted by molar-refractivity contribution is 0.306. The summed E-state index contributed by atoms with van der Waals surface area (Å²) in [5.41, 5.74) is 0.535. The van der Waals surface area contributed by atoms with Gasteiger partial charge in [-0.2, -0.15) is 0 Å². The van der Waals surface area contributed by atoms with Crippen molar-refractivity contribution < 1.29 is 0 Å². The average Bonchev–Trinajstić information content (AvgIpc) is 2.91. The van der Waals surface area contributed by atoms with Gasteiger partial charge in [0.15, 0.2) is 0 Å². The summed E-state index contributed by atoms with van der Waals surface area (Å²) in [4.78, 5) is 0. The fourth-order valence-electron chi connectivity index (χ4n) is 4.23. The summed E-state index contributed by atoms with van der Waals surface area (Å²) in [5.74, 6) is 1.90. The average molecular weight is 307 g/mol. The Morgan fingerprint density at radius 2 is 1.68 bits per heavy atom. The van der Waals surface area contributed by atoms with E-state index < -0.39 is 0 Å². The highest BCUT2D eigenvalue weighted by atomic mass is 14.3. The first-order valence-corrected chi connectivity index (χ1v) is 10.3. The zero-order chi connectivity index (χ0) is 16.3. The normalized spacial score (nSPS) is 22.7. The van der Waals surface area contributed by atoms with Gasteiger partial charge in [0, 0.05) is 0 Å². The summed E-state index contributed by atoms with van der Waals surface area (Å²) >= 11 is 0. The third-order valence-electron chi connectivity index (χ3n) is 5.69. The van der Waals surface area contributed by atoms with Crippen molar-refractivity contribution in [1.29, 1.82) is 0 Å². The Bertz CT molecular complexity index is 286. The first kappa shape index (κ1) is 19.8. The van der Waals surface area contributed by atoms with Gasteiger partial charge >= 0.3 is 0 Å². The summed E-state index contributed by atoms with van der Waals surface area (Å²) in [5, 5.41) is 0. The monoisotopic (exact) mass is 306 g/mol. The Balaban J connectivity index is 2.21. The first-order valence-electron chi connectivity index (χ1n) is 10.3. The van der Waals surface area contributed by atoms with Crippen LogP contribution < -0.4 is 0 Å². The quantitative estimate of drug-likeness (QED) is 0.254.